The van der Waals surface area contributed by atoms with Crippen molar-refractivity contribution in [2.45, 2.75) is 25.9 Å². The molecule has 0 fully saturated rings. The lowest BCUT2D eigenvalue weighted by Gasteiger charge is -2.08. The van der Waals surface area contributed by atoms with Crippen molar-refractivity contribution in [3.63, 3.8) is 0 Å². The first kappa shape index (κ1) is 12.3. The number of benzene rings is 1. The van der Waals surface area contributed by atoms with Crippen LogP contribution in [-0.4, -0.2) is 28.7 Å². The number of fused-ring (bicyclic) bond motifs is 1. The van der Waals surface area contributed by atoms with Gasteiger partial charge in [-0.25, -0.2) is 0 Å². The number of Topliss-reactive ketones (excluding diaryl/α,β-unsaturated/α-hetero) is 2. The Bertz CT molecular complexity index is 532. The molecule has 1 aliphatic rings. The molecule has 0 bridgehead atoms. The summed E-state index contributed by atoms with van der Waals surface area (Å²) in [4.78, 5) is 35.1. The van der Waals surface area contributed by atoms with E-state index in [-0.39, 0.29) is 23.3 Å². The van der Waals surface area contributed by atoms with Gasteiger partial charge in [-0.3, -0.25) is 14.4 Å². The number of ether oxygens (including phenoxy) is 1. The third-order valence-corrected chi connectivity index (χ3v) is 2.71. The van der Waals surface area contributed by atoms with Gasteiger partial charge in [0.15, 0.2) is 0 Å². The van der Waals surface area contributed by atoms with Crippen LogP contribution in [0.5, 0.6) is 5.75 Å². The largest absolute Gasteiger partial charge is 0.508 e. The van der Waals surface area contributed by atoms with Crippen molar-refractivity contribution >= 4 is 17.5 Å². The molecule has 5 nitrogen and oxygen atoms in total. The van der Waals surface area contributed by atoms with Crippen LogP contribution >= 0.6 is 0 Å². The van der Waals surface area contributed by atoms with Gasteiger partial charge in [0.05, 0.1) is 0 Å². The van der Waals surface area contributed by atoms with E-state index in [2.05, 4.69) is 0 Å². The lowest BCUT2D eigenvalue weighted by atomic mass is 10.1. The van der Waals surface area contributed by atoms with Crippen molar-refractivity contribution in [1.29, 1.82) is 0 Å². The van der Waals surface area contributed by atoms with Crippen molar-refractivity contribution in [2.24, 2.45) is 0 Å². The number of phenols is 1. The maximum atomic E-state index is 11.9. The molecule has 1 aliphatic carbocycles. The van der Waals surface area contributed by atoms with Crippen LogP contribution in [0.2, 0.25) is 0 Å². The molecule has 94 valence electrons. The first-order chi connectivity index (χ1) is 8.54. The molecule has 0 amide bonds. The maximum absolute atomic E-state index is 11.9. The number of hydrogen-bond acceptors (Lipinski definition) is 5. The molecule has 5 heteroatoms. The third kappa shape index (κ3) is 1.99. The van der Waals surface area contributed by atoms with E-state index in [9.17, 15) is 19.5 Å². The van der Waals surface area contributed by atoms with Crippen LogP contribution in [-0.2, 0) is 9.53 Å². The summed E-state index contributed by atoms with van der Waals surface area (Å²) in [6, 6.07) is 3.89. The smallest absolute Gasteiger partial charge is 0.306 e. The van der Waals surface area contributed by atoms with E-state index in [1.165, 1.54) is 18.2 Å². The summed E-state index contributed by atoms with van der Waals surface area (Å²) < 4.78 is 4.88. The molecule has 1 atom stereocenters. The minimum Gasteiger partial charge on any atom is -0.508 e. The molecule has 1 aromatic carbocycles. The van der Waals surface area contributed by atoms with E-state index in [1.54, 1.807) is 6.92 Å². The van der Waals surface area contributed by atoms with Gasteiger partial charge in [0.2, 0.25) is 17.7 Å². The summed E-state index contributed by atoms with van der Waals surface area (Å²) in [5.41, 5.74) is 0.293. The Morgan fingerprint density at radius 3 is 2.61 bits per heavy atom. The van der Waals surface area contributed by atoms with Crippen molar-refractivity contribution < 1.29 is 24.2 Å². The van der Waals surface area contributed by atoms with Crippen LogP contribution in [0.25, 0.3) is 0 Å². The number of carbonyl (C=O) groups is 3. The number of phenolic OH excluding ortho intramolecular Hbond substituents is 1. The van der Waals surface area contributed by atoms with Gasteiger partial charge in [-0.1, -0.05) is 6.92 Å². The van der Waals surface area contributed by atoms with Gasteiger partial charge in [-0.2, -0.15) is 0 Å². The van der Waals surface area contributed by atoms with E-state index in [4.69, 9.17) is 4.74 Å². The van der Waals surface area contributed by atoms with E-state index in [0.29, 0.717) is 6.42 Å². The molecule has 0 spiro atoms. The Hall–Kier alpha value is -2.17. The van der Waals surface area contributed by atoms with E-state index < -0.39 is 23.6 Å². The number of carbonyl (C=O) groups excluding carboxylic acids is 3. The first-order valence-electron chi connectivity index (χ1n) is 5.65. The second-order valence-corrected chi connectivity index (χ2v) is 4.08. The maximum Gasteiger partial charge on any atom is 0.306 e. The summed E-state index contributed by atoms with van der Waals surface area (Å²) in [7, 11) is 0. The normalized spacial score (nSPS) is 17.7. The van der Waals surface area contributed by atoms with Crippen LogP contribution in [0.1, 0.15) is 40.5 Å². The SMILES string of the molecule is CCCC(=O)OC1C(=O)c2ccc(O)cc2C1=O. The Labute approximate surface area is 103 Å². The Kier molecular flexibility index (Phi) is 3.14. The molecule has 2 rings (SSSR count). The highest BCUT2D eigenvalue weighted by atomic mass is 16.5. The predicted molar refractivity (Wildman–Crippen MR) is 61.6 cm³/mol. The molecule has 0 saturated carbocycles. The van der Waals surface area contributed by atoms with Crippen molar-refractivity contribution in [1.82, 2.24) is 0 Å². The number of rotatable bonds is 3. The van der Waals surface area contributed by atoms with Crippen LogP contribution in [0.15, 0.2) is 18.2 Å². The number of esters is 1. The van der Waals surface area contributed by atoms with Gasteiger partial charge in [0, 0.05) is 17.5 Å². The predicted octanol–water partition coefficient (Wildman–Crippen LogP) is 1.48. The van der Waals surface area contributed by atoms with Crippen LogP contribution in [0.4, 0.5) is 0 Å². The summed E-state index contributed by atoms with van der Waals surface area (Å²) in [6.45, 7) is 1.80. The highest BCUT2D eigenvalue weighted by Crippen LogP contribution is 2.27. The minimum absolute atomic E-state index is 0.101. The van der Waals surface area contributed by atoms with Crippen LogP contribution in [0, 0.1) is 0 Å². The van der Waals surface area contributed by atoms with Gasteiger partial charge in [0.25, 0.3) is 0 Å². The Balaban J connectivity index is 2.26. The molecule has 0 aliphatic heterocycles. The fraction of sp³-hybridized carbons (Fsp3) is 0.308. The van der Waals surface area contributed by atoms with Crippen molar-refractivity contribution in [3.05, 3.63) is 29.3 Å². The quantitative estimate of drug-likeness (QED) is 0.647. The van der Waals surface area contributed by atoms with E-state index >= 15 is 0 Å². The molecule has 1 N–H and O–H groups in total. The summed E-state index contributed by atoms with van der Waals surface area (Å²) in [6.07, 6.45) is -0.638. The monoisotopic (exact) mass is 248 g/mol. The fourth-order valence-electron chi connectivity index (χ4n) is 1.85. The van der Waals surface area contributed by atoms with Gasteiger partial charge in [-0.15, -0.1) is 0 Å². The first-order valence-corrected chi connectivity index (χ1v) is 5.65. The van der Waals surface area contributed by atoms with Gasteiger partial charge < -0.3 is 9.84 Å². The Morgan fingerprint density at radius 2 is 1.94 bits per heavy atom. The summed E-state index contributed by atoms with van der Waals surface area (Å²) in [5.74, 6) is -1.77. The zero-order valence-electron chi connectivity index (χ0n) is 9.80. The summed E-state index contributed by atoms with van der Waals surface area (Å²) >= 11 is 0. The van der Waals surface area contributed by atoms with Gasteiger partial charge >= 0.3 is 5.97 Å². The average Bonchev–Trinajstić information content (AvgIpc) is 2.55. The second-order valence-electron chi connectivity index (χ2n) is 4.08. The molecule has 0 saturated heterocycles. The highest BCUT2D eigenvalue weighted by Gasteiger charge is 2.41. The molecular weight excluding hydrogens is 236 g/mol. The number of ketones is 2. The minimum atomic E-state index is -1.39. The third-order valence-electron chi connectivity index (χ3n) is 2.71. The number of aromatic hydroxyl groups is 1. The molecule has 0 aromatic heterocycles. The van der Waals surface area contributed by atoms with E-state index in [1.807, 2.05) is 0 Å². The van der Waals surface area contributed by atoms with Crippen molar-refractivity contribution in [2.75, 3.05) is 0 Å². The average molecular weight is 248 g/mol. The highest BCUT2D eigenvalue weighted by molar-refractivity contribution is 6.29. The lowest BCUT2D eigenvalue weighted by Crippen LogP contribution is -2.28. The fourth-order valence-corrected chi connectivity index (χ4v) is 1.85. The standard InChI is InChI=1S/C13H12O5/c1-2-3-10(15)18-13-11(16)8-5-4-7(14)6-9(8)12(13)17/h4-6,13-14H,2-3H2,1H3. The molecule has 0 heterocycles. The van der Waals surface area contributed by atoms with Crippen molar-refractivity contribution in [3.8, 4) is 5.75 Å². The van der Waals surface area contributed by atoms with Crippen LogP contribution < -0.4 is 0 Å². The summed E-state index contributed by atoms with van der Waals surface area (Å²) in [5, 5.41) is 9.28. The van der Waals surface area contributed by atoms with Gasteiger partial charge in [-0.05, 0) is 24.6 Å². The molecule has 18 heavy (non-hydrogen) atoms. The number of hydrogen-bond donors (Lipinski definition) is 1. The molecule has 1 aromatic rings. The molecule has 0 radical (unpaired) electrons. The lowest BCUT2D eigenvalue weighted by molar-refractivity contribution is -0.145. The topological polar surface area (TPSA) is 80.7 Å². The van der Waals surface area contributed by atoms with Crippen LogP contribution in [0.3, 0.4) is 0 Å². The molecular formula is C13H12O5. The zero-order valence-corrected chi connectivity index (χ0v) is 9.80. The zero-order chi connectivity index (χ0) is 13.3. The van der Waals surface area contributed by atoms with Gasteiger partial charge in [0.1, 0.15) is 5.75 Å². The van der Waals surface area contributed by atoms with E-state index in [0.717, 1.165) is 0 Å². The second kappa shape index (κ2) is 4.60. The molecule has 1 unspecified atom stereocenters. The Morgan fingerprint density at radius 1 is 1.28 bits per heavy atom.